The highest BCUT2D eigenvalue weighted by atomic mass is 32.2. The first-order valence-corrected chi connectivity index (χ1v) is 8.12. The van der Waals surface area contributed by atoms with Gasteiger partial charge in [-0.25, -0.2) is 4.79 Å². The van der Waals surface area contributed by atoms with Crippen LogP contribution in [0.1, 0.15) is 21.5 Å². The molecule has 1 aromatic carbocycles. The van der Waals surface area contributed by atoms with Gasteiger partial charge in [-0.2, -0.15) is 17.0 Å². The lowest BCUT2D eigenvalue weighted by atomic mass is 10.0. The standard InChI is InChI=1S/C15H18N2O4S/c1-3-8-16(9-4-2)22(20,21)17-10-12-6-5-7-13(15(18)19)14(12)11-17/h3-7H,1-2,8-11H2,(H,18,19). The maximum absolute atomic E-state index is 12.7. The van der Waals surface area contributed by atoms with Gasteiger partial charge >= 0.3 is 5.97 Å². The van der Waals surface area contributed by atoms with Crippen molar-refractivity contribution in [3.8, 4) is 0 Å². The summed E-state index contributed by atoms with van der Waals surface area (Å²) < 4.78 is 27.9. The number of carbonyl (C=O) groups is 1. The van der Waals surface area contributed by atoms with E-state index in [1.807, 2.05) is 0 Å². The fourth-order valence-corrected chi connectivity index (χ4v) is 3.98. The summed E-state index contributed by atoms with van der Waals surface area (Å²) in [4.78, 5) is 11.3. The van der Waals surface area contributed by atoms with E-state index >= 15 is 0 Å². The van der Waals surface area contributed by atoms with E-state index in [0.29, 0.717) is 5.56 Å². The van der Waals surface area contributed by atoms with Crippen LogP contribution in [0.3, 0.4) is 0 Å². The molecule has 0 saturated heterocycles. The molecule has 0 unspecified atom stereocenters. The van der Waals surface area contributed by atoms with Crippen molar-refractivity contribution < 1.29 is 18.3 Å². The van der Waals surface area contributed by atoms with Crippen molar-refractivity contribution in [1.82, 2.24) is 8.61 Å². The molecule has 0 radical (unpaired) electrons. The molecule has 7 heteroatoms. The molecule has 0 amide bonds. The topological polar surface area (TPSA) is 77.9 Å². The Bertz CT molecular complexity index is 702. The molecule has 2 rings (SSSR count). The molecule has 0 saturated carbocycles. The van der Waals surface area contributed by atoms with E-state index in [9.17, 15) is 18.3 Å². The summed E-state index contributed by atoms with van der Waals surface area (Å²) in [7, 11) is -3.70. The van der Waals surface area contributed by atoms with E-state index in [0.717, 1.165) is 5.56 Å². The molecule has 0 spiro atoms. The molecule has 1 N–H and O–H groups in total. The highest BCUT2D eigenvalue weighted by Gasteiger charge is 2.34. The van der Waals surface area contributed by atoms with E-state index < -0.39 is 16.2 Å². The molecule has 118 valence electrons. The van der Waals surface area contributed by atoms with Gasteiger partial charge in [0.05, 0.1) is 5.56 Å². The van der Waals surface area contributed by atoms with Crippen LogP contribution >= 0.6 is 0 Å². The van der Waals surface area contributed by atoms with Gasteiger partial charge in [-0.3, -0.25) is 0 Å². The number of fused-ring (bicyclic) bond motifs is 1. The molecule has 6 nitrogen and oxygen atoms in total. The Kier molecular flexibility index (Phi) is 4.80. The summed E-state index contributed by atoms with van der Waals surface area (Å²) in [5, 5.41) is 9.21. The Morgan fingerprint density at radius 1 is 1.27 bits per heavy atom. The van der Waals surface area contributed by atoms with Crippen molar-refractivity contribution in [2.45, 2.75) is 13.1 Å². The summed E-state index contributed by atoms with van der Waals surface area (Å²) >= 11 is 0. The van der Waals surface area contributed by atoms with Crippen molar-refractivity contribution in [2.24, 2.45) is 0 Å². The second-order valence-electron chi connectivity index (χ2n) is 4.92. The monoisotopic (exact) mass is 322 g/mol. The van der Waals surface area contributed by atoms with Crippen LogP contribution in [-0.2, 0) is 23.3 Å². The average Bonchev–Trinajstić information content (AvgIpc) is 2.91. The zero-order valence-electron chi connectivity index (χ0n) is 12.1. The van der Waals surface area contributed by atoms with Crippen molar-refractivity contribution >= 4 is 16.2 Å². The van der Waals surface area contributed by atoms with E-state index in [4.69, 9.17) is 0 Å². The third-order valence-corrected chi connectivity index (χ3v) is 5.36. The maximum Gasteiger partial charge on any atom is 0.336 e. The Labute approximate surface area is 130 Å². The molecule has 0 aliphatic carbocycles. The first-order chi connectivity index (χ1) is 10.4. The van der Waals surface area contributed by atoms with Crippen molar-refractivity contribution in [2.75, 3.05) is 13.1 Å². The minimum Gasteiger partial charge on any atom is -0.478 e. The summed E-state index contributed by atoms with van der Waals surface area (Å²) in [6.07, 6.45) is 3.01. The Morgan fingerprint density at radius 3 is 2.45 bits per heavy atom. The summed E-state index contributed by atoms with van der Waals surface area (Å²) in [5.74, 6) is -1.05. The highest BCUT2D eigenvalue weighted by Crippen LogP contribution is 2.29. The maximum atomic E-state index is 12.7. The van der Waals surface area contributed by atoms with Crippen LogP contribution < -0.4 is 0 Å². The molecule has 1 aliphatic heterocycles. The number of hydrogen-bond donors (Lipinski definition) is 1. The predicted molar refractivity (Wildman–Crippen MR) is 83.5 cm³/mol. The molecule has 0 fully saturated rings. The lowest BCUT2D eigenvalue weighted by molar-refractivity contribution is 0.0695. The van der Waals surface area contributed by atoms with Crippen LogP contribution in [-0.4, -0.2) is 41.2 Å². The smallest absolute Gasteiger partial charge is 0.336 e. The quantitative estimate of drug-likeness (QED) is 0.774. The predicted octanol–water partition coefficient (Wildman–Crippen LogP) is 1.62. The number of carboxylic acid groups (broad SMARTS) is 1. The average molecular weight is 322 g/mol. The largest absolute Gasteiger partial charge is 0.478 e. The van der Waals surface area contributed by atoms with Gasteiger partial charge < -0.3 is 5.11 Å². The molecule has 1 aliphatic rings. The van der Waals surface area contributed by atoms with Crippen LogP contribution in [0.2, 0.25) is 0 Å². The Balaban J connectivity index is 2.33. The van der Waals surface area contributed by atoms with Crippen LogP contribution in [0.15, 0.2) is 43.5 Å². The Morgan fingerprint density at radius 2 is 1.91 bits per heavy atom. The molecular formula is C15H18N2O4S. The lowest BCUT2D eigenvalue weighted by Crippen LogP contribution is -2.41. The van der Waals surface area contributed by atoms with E-state index in [1.54, 1.807) is 12.1 Å². The third-order valence-electron chi connectivity index (χ3n) is 3.50. The van der Waals surface area contributed by atoms with Crippen molar-refractivity contribution in [1.29, 1.82) is 0 Å². The fraction of sp³-hybridized carbons (Fsp3) is 0.267. The van der Waals surface area contributed by atoms with Crippen LogP contribution in [0.25, 0.3) is 0 Å². The van der Waals surface area contributed by atoms with Gasteiger partial charge in [0, 0.05) is 26.2 Å². The number of nitrogens with zero attached hydrogens (tertiary/aromatic N) is 2. The summed E-state index contributed by atoms with van der Waals surface area (Å²) in [6, 6.07) is 4.87. The second-order valence-corrected chi connectivity index (χ2v) is 6.85. The number of carboxylic acids is 1. The van der Waals surface area contributed by atoms with E-state index in [1.165, 1.54) is 26.8 Å². The molecule has 0 bridgehead atoms. The van der Waals surface area contributed by atoms with Gasteiger partial charge in [-0.1, -0.05) is 24.3 Å². The van der Waals surface area contributed by atoms with Crippen molar-refractivity contribution in [3.63, 3.8) is 0 Å². The zero-order valence-corrected chi connectivity index (χ0v) is 12.9. The fourth-order valence-electron chi connectivity index (χ4n) is 2.47. The molecule has 22 heavy (non-hydrogen) atoms. The normalized spacial score (nSPS) is 14.8. The first-order valence-electron chi connectivity index (χ1n) is 6.73. The van der Waals surface area contributed by atoms with Gasteiger partial charge in [0.25, 0.3) is 10.2 Å². The summed E-state index contributed by atoms with van der Waals surface area (Å²) in [5.41, 5.74) is 1.42. The minimum absolute atomic E-state index is 0.0604. The molecule has 1 heterocycles. The van der Waals surface area contributed by atoms with Gasteiger partial charge in [-0.15, -0.1) is 13.2 Å². The third kappa shape index (κ3) is 2.96. The molecular weight excluding hydrogens is 304 g/mol. The van der Waals surface area contributed by atoms with E-state index in [2.05, 4.69) is 13.2 Å². The van der Waals surface area contributed by atoms with Crippen LogP contribution in [0, 0.1) is 0 Å². The summed E-state index contributed by atoms with van der Waals surface area (Å²) in [6.45, 7) is 7.70. The number of rotatable bonds is 7. The minimum atomic E-state index is -3.70. The van der Waals surface area contributed by atoms with Crippen molar-refractivity contribution in [3.05, 3.63) is 60.2 Å². The lowest BCUT2D eigenvalue weighted by Gasteiger charge is -2.25. The van der Waals surface area contributed by atoms with Crippen LogP contribution in [0.5, 0.6) is 0 Å². The van der Waals surface area contributed by atoms with Gasteiger partial charge in [0.1, 0.15) is 0 Å². The molecule has 0 aromatic heterocycles. The molecule has 1 aromatic rings. The van der Waals surface area contributed by atoms with Gasteiger partial charge in [-0.05, 0) is 17.2 Å². The highest BCUT2D eigenvalue weighted by molar-refractivity contribution is 7.86. The number of benzene rings is 1. The Hall–Kier alpha value is -1.96. The van der Waals surface area contributed by atoms with Crippen LogP contribution in [0.4, 0.5) is 0 Å². The van der Waals surface area contributed by atoms with Gasteiger partial charge in [0.2, 0.25) is 0 Å². The van der Waals surface area contributed by atoms with Gasteiger partial charge in [0.15, 0.2) is 0 Å². The van der Waals surface area contributed by atoms with E-state index in [-0.39, 0.29) is 31.7 Å². The zero-order chi connectivity index (χ0) is 16.3. The first kappa shape index (κ1) is 16.4. The SMILES string of the molecule is C=CCN(CC=C)S(=O)(=O)N1Cc2cccc(C(=O)O)c2C1. The number of aromatic carboxylic acids is 1. The second kappa shape index (κ2) is 6.43. The number of hydrogen-bond acceptors (Lipinski definition) is 3. The molecule has 0 atom stereocenters.